The van der Waals surface area contributed by atoms with Crippen LogP contribution in [-0.2, 0) is 11.2 Å². The Morgan fingerprint density at radius 3 is 2.61 bits per heavy atom. The fourth-order valence-corrected chi connectivity index (χ4v) is 3.26. The molecule has 0 spiro atoms. The number of hydrogen-bond donors (Lipinski definition) is 1. The van der Waals surface area contributed by atoms with Crippen molar-refractivity contribution in [3.63, 3.8) is 0 Å². The molecular weight excluding hydrogens is 284 g/mol. The highest BCUT2D eigenvalue weighted by molar-refractivity contribution is 5.83. The average molecular weight is 308 g/mol. The standard InChI is InChI=1S/C20H24N2O/c1-2-13-22-14-12-21-19(20(22)23)15-17-10-6-7-11-18(17)16-8-4-3-5-9-16/h3-11,19,21H,2,12-15H2,1H3/t19-/m0/s1. The second-order valence-corrected chi connectivity index (χ2v) is 6.06. The Balaban J connectivity index is 1.82. The number of hydrogen-bond acceptors (Lipinski definition) is 2. The van der Waals surface area contributed by atoms with Crippen molar-refractivity contribution in [1.82, 2.24) is 10.2 Å². The molecule has 23 heavy (non-hydrogen) atoms. The van der Waals surface area contributed by atoms with Crippen LogP contribution in [0.1, 0.15) is 18.9 Å². The molecule has 1 heterocycles. The molecular formula is C20H24N2O. The van der Waals surface area contributed by atoms with Gasteiger partial charge in [0.1, 0.15) is 0 Å². The summed E-state index contributed by atoms with van der Waals surface area (Å²) >= 11 is 0. The highest BCUT2D eigenvalue weighted by atomic mass is 16.2. The third-order valence-electron chi connectivity index (χ3n) is 4.40. The molecule has 1 aliphatic heterocycles. The van der Waals surface area contributed by atoms with E-state index in [4.69, 9.17) is 0 Å². The van der Waals surface area contributed by atoms with E-state index in [0.717, 1.165) is 32.5 Å². The number of nitrogens with zero attached hydrogens (tertiary/aromatic N) is 1. The third-order valence-corrected chi connectivity index (χ3v) is 4.40. The molecule has 1 aliphatic rings. The van der Waals surface area contributed by atoms with Crippen LogP contribution < -0.4 is 5.32 Å². The number of carbonyl (C=O) groups is 1. The van der Waals surface area contributed by atoms with Crippen LogP contribution in [0.2, 0.25) is 0 Å². The van der Waals surface area contributed by atoms with Gasteiger partial charge in [-0.25, -0.2) is 0 Å². The first-order valence-corrected chi connectivity index (χ1v) is 8.45. The summed E-state index contributed by atoms with van der Waals surface area (Å²) in [6.07, 6.45) is 1.75. The molecule has 1 atom stereocenters. The van der Waals surface area contributed by atoms with E-state index in [0.29, 0.717) is 0 Å². The Bertz CT molecular complexity index is 652. The zero-order valence-electron chi connectivity index (χ0n) is 13.7. The number of carbonyl (C=O) groups excluding carboxylic acids is 1. The van der Waals surface area contributed by atoms with E-state index in [2.05, 4.69) is 60.8 Å². The van der Waals surface area contributed by atoms with Gasteiger partial charge in [0.25, 0.3) is 0 Å². The largest absolute Gasteiger partial charge is 0.340 e. The summed E-state index contributed by atoms with van der Waals surface area (Å²) in [7, 11) is 0. The maximum absolute atomic E-state index is 12.6. The van der Waals surface area contributed by atoms with Gasteiger partial charge >= 0.3 is 0 Å². The average Bonchev–Trinajstić information content (AvgIpc) is 2.60. The molecule has 1 fully saturated rings. The van der Waals surface area contributed by atoms with E-state index >= 15 is 0 Å². The smallest absolute Gasteiger partial charge is 0.240 e. The molecule has 0 aliphatic carbocycles. The number of benzene rings is 2. The van der Waals surface area contributed by atoms with Crippen molar-refractivity contribution in [3.8, 4) is 11.1 Å². The first-order chi connectivity index (χ1) is 11.3. The van der Waals surface area contributed by atoms with Crippen LogP contribution in [0, 0.1) is 0 Å². The Labute approximate surface area is 138 Å². The summed E-state index contributed by atoms with van der Waals surface area (Å²) in [6.45, 7) is 4.68. The summed E-state index contributed by atoms with van der Waals surface area (Å²) in [4.78, 5) is 14.6. The number of rotatable bonds is 5. The lowest BCUT2D eigenvalue weighted by molar-refractivity contribution is -0.135. The summed E-state index contributed by atoms with van der Waals surface area (Å²) in [5, 5.41) is 3.39. The maximum atomic E-state index is 12.6. The molecule has 0 saturated carbocycles. The number of piperazine rings is 1. The number of amides is 1. The van der Waals surface area contributed by atoms with E-state index in [-0.39, 0.29) is 11.9 Å². The molecule has 1 amide bonds. The van der Waals surface area contributed by atoms with Gasteiger partial charge in [-0.05, 0) is 29.5 Å². The van der Waals surface area contributed by atoms with Gasteiger partial charge < -0.3 is 10.2 Å². The van der Waals surface area contributed by atoms with E-state index in [1.54, 1.807) is 0 Å². The van der Waals surface area contributed by atoms with Gasteiger partial charge in [-0.1, -0.05) is 61.5 Å². The molecule has 2 aromatic rings. The molecule has 1 saturated heterocycles. The molecule has 0 radical (unpaired) electrons. The fourth-order valence-electron chi connectivity index (χ4n) is 3.26. The van der Waals surface area contributed by atoms with Gasteiger partial charge in [0, 0.05) is 19.6 Å². The molecule has 2 aromatic carbocycles. The monoisotopic (exact) mass is 308 g/mol. The van der Waals surface area contributed by atoms with Crippen molar-refractivity contribution in [2.75, 3.05) is 19.6 Å². The molecule has 1 N–H and O–H groups in total. The van der Waals surface area contributed by atoms with Crippen LogP contribution in [0.4, 0.5) is 0 Å². The van der Waals surface area contributed by atoms with Gasteiger partial charge in [-0.3, -0.25) is 4.79 Å². The zero-order valence-corrected chi connectivity index (χ0v) is 13.7. The van der Waals surface area contributed by atoms with E-state index < -0.39 is 0 Å². The molecule has 0 bridgehead atoms. The van der Waals surface area contributed by atoms with Crippen molar-refractivity contribution >= 4 is 5.91 Å². The van der Waals surface area contributed by atoms with E-state index in [9.17, 15) is 4.79 Å². The van der Waals surface area contributed by atoms with Gasteiger partial charge in [0.2, 0.25) is 5.91 Å². The van der Waals surface area contributed by atoms with Crippen molar-refractivity contribution in [2.24, 2.45) is 0 Å². The molecule has 120 valence electrons. The van der Waals surface area contributed by atoms with Crippen molar-refractivity contribution < 1.29 is 4.79 Å². The lowest BCUT2D eigenvalue weighted by atomic mass is 9.94. The normalized spacial score (nSPS) is 18.2. The predicted octanol–water partition coefficient (Wildman–Crippen LogP) is 3.11. The summed E-state index contributed by atoms with van der Waals surface area (Å²) in [6, 6.07) is 18.7. The second-order valence-electron chi connectivity index (χ2n) is 6.06. The lowest BCUT2D eigenvalue weighted by Gasteiger charge is -2.33. The highest BCUT2D eigenvalue weighted by Gasteiger charge is 2.28. The van der Waals surface area contributed by atoms with Crippen molar-refractivity contribution in [1.29, 1.82) is 0 Å². The minimum atomic E-state index is -0.111. The quantitative estimate of drug-likeness (QED) is 0.920. The van der Waals surface area contributed by atoms with Crippen LogP contribution in [-0.4, -0.2) is 36.5 Å². The second kappa shape index (κ2) is 7.42. The Hall–Kier alpha value is -2.13. The molecule has 3 heteroatoms. The van der Waals surface area contributed by atoms with Crippen LogP contribution >= 0.6 is 0 Å². The molecule has 3 nitrogen and oxygen atoms in total. The summed E-state index contributed by atoms with van der Waals surface area (Å²) < 4.78 is 0. The van der Waals surface area contributed by atoms with E-state index in [1.165, 1.54) is 16.7 Å². The molecule has 0 aromatic heterocycles. The van der Waals surface area contributed by atoms with Gasteiger partial charge in [0.15, 0.2) is 0 Å². The van der Waals surface area contributed by atoms with Gasteiger partial charge in [-0.15, -0.1) is 0 Å². The van der Waals surface area contributed by atoms with Gasteiger partial charge in [-0.2, -0.15) is 0 Å². The highest BCUT2D eigenvalue weighted by Crippen LogP contribution is 2.25. The van der Waals surface area contributed by atoms with Crippen LogP contribution in [0.3, 0.4) is 0 Å². The Morgan fingerprint density at radius 2 is 1.83 bits per heavy atom. The van der Waals surface area contributed by atoms with Crippen molar-refractivity contribution in [3.05, 3.63) is 60.2 Å². The third kappa shape index (κ3) is 3.62. The predicted molar refractivity (Wildman–Crippen MR) is 94.2 cm³/mol. The minimum Gasteiger partial charge on any atom is -0.340 e. The molecule has 3 rings (SSSR count). The Morgan fingerprint density at radius 1 is 1.09 bits per heavy atom. The molecule has 0 unspecified atom stereocenters. The van der Waals surface area contributed by atoms with Crippen LogP contribution in [0.25, 0.3) is 11.1 Å². The van der Waals surface area contributed by atoms with Crippen LogP contribution in [0.15, 0.2) is 54.6 Å². The Kier molecular flexibility index (Phi) is 5.09. The fraction of sp³-hybridized carbons (Fsp3) is 0.350. The topological polar surface area (TPSA) is 32.3 Å². The summed E-state index contributed by atoms with van der Waals surface area (Å²) in [5.74, 6) is 0.237. The minimum absolute atomic E-state index is 0.111. The first kappa shape index (κ1) is 15.8. The lowest BCUT2D eigenvalue weighted by Crippen LogP contribution is -2.55. The SMILES string of the molecule is CCCN1CCN[C@@H](Cc2ccccc2-c2ccccc2)C1=O. The summed E-state index contributed by atoms with van der Waals surface area (Å²) in [5.41, 5.74) is 3.65. The number of nitrogens with one attached hydrogen (secondary N) is 1. The van der Waals surface area contributed by atoms with Crippen molar-refractivity contribution in [2.45, 2.75) is 25.8 Å². The van der Waals surface area contributed by atoms with E-state index in [1.807, 2.05) is 11.0 Å². The zero-order chi connectivity index (χ0) is 16.1. The van der Waals surface area contributed by atoms with Gasteiger partial charge in [0.05, 0.1) is 6.04 Å². The first-order valence-electron chi connectivity index (χ1n) is 8.45. The maximum Gasteiger partial charge on any atom is 0.240 e. The van der Waals surface area contributed by atoms with Crippen LogP contribution in [0.5, 0.6) is 0 Å².